The molecule has 0 aliphatic heterocycles. The van der Waals surface area contributed by atoms with Crippen LogP contribution in [0.5, 0.6) is 0 Å². The van der Waals surface area contributed by atoms with Crippen LogP contribution in [0, 0.1) is 11.8 Å². The van der Waals surface area contributed by atoms with Gasteiger partial charge in [0.1, 0.15) is 5.69 Å². The van der Waals surface area contributed by atoms with Crippen LogP contribution in [0.25, 0.3) is 22.6 Å². The molecule has 1 aromatic heterocycles. The second-order valence-electron chi connectivity index (χ2n) is 7.95. The van der Waals surface area contributed by atoms with Crippen LogP contribution in [0.4, 0.5) is 0 Å². The van der Waals surface area contributed by atoms with Crippen molar-refractivity contribution in [3.05, 3.63) is 60.7 Å². The first kappa shape index (κ1) is 18.5. The Kier molecular flexibility index (Phi) is 5.15. The van der Waals surface area contributed by atoms with Crippen LogP contribution < -0.4 is 5.32 Å². The zero-order chi connectivity index (χ0) is 19.6. The van der Waals surface area contributed by atoms with E-state index in [2.05, 4.69) is 5.32 Å². The molecule has 29 heavy (non-hydrogen) atoms. The molecule has 0 bridgehead atoms. The number of hydrogen-bond donors (Lipinski definition) is 1. The van der Waals surface area contributed by atoms with Crippen molar-refractivity contribution >= 4 is 17.7 Å². The summed E-state index contributed by atoms with van der Waals surface area (Å²) in [5.74, 6) is 2.56. The van der Waals surface area contributed by atoms with E-state index in [1.54, 1.807) is 0 Å². The monoisotopic (exact) mass is 404 g/mol. The molecule has 2 aliphatic carbocycles. The maximum Gasteiger partial charge on any atom is 0.257 e. The molecule has 3 aromatic rings. The summed E-state index contributed by atoms with van der Waals surface area (Å²) in [6, 6.07) is 20.4. The first-order valence-corrected chi connectivity index (χ1v) is 11.3. The Labute approximate surface area is 175 Å². The molecule has 2 saturated carbocycles. The first-order chi connectivity index (χ1) is 14.3. The van der Waals surface area contributed by atoms with Crippen LogP contribution in [-0.2, 0) is 4.79 Å². The Morgan fingerprint density at radius 2 is 1.55 bits per heavy atom. The Balaban J connectivity index is 1.32. The molecule has 1 amide bonds. The standard InChI is InChI=1S/C24H24N2O2S/c27-20(25-21(17-11-12-17)18-13-14-18)15-29-24-26-22(16-7-3-1-4-8-16)23(28-24)19-9-5-2-6-10-19/h1-10,17-18,21H,11-15H2,(H,25,27). The number of aromatic nitrogens is 1. The fraction of sp³-hybridized carbons (Fsp3) is 0.333. The zero-order valence-corrected chi connectivity index (χ0v) is 17.0. The van der Waals surface area contributed by atoms with Gasteiger partial charge in [0.15, 0.2) is 5.76 Å². The van der Waals surface area contributed by atoms with Gasteiger partial charge >= 0.3 is 0 Å². The number of carbonyl (C=O) groups is 1. The number of nitrogens with zero attached hydrogens (tertiary/aromatic N) is 1. The maximum absolute atomic E-state index is 12.5. The smallest absolute Gasteiger partial charge is 0.257 e. The van der Waals surface area contributed by atoms with Gasteiger partial charge in [0.2, 0.25) is 5.91 Å². The number of amides is 1. The van der Waals surface area contributed by atoms with Crippen molar-refractivity contribution in [1.29, 1.82) is 0 Å². The second-order valence-corrected chi connectivity index (χ2v) is 8.87. The molecule has 0 radical (unpaired) electrons. The number of hydrogen-bond acceptors (Lipinski definition) is 4. The number of benzene rings is 2. The van der Waals surface area contributed by atoms with Crippen LogP contribution in [0.2, 0.25) is 0 Å². The van der Waals surface area contributed by atoms with Crippen molar-refractivity contribution < 1.29 is 9.21 Å². The number of rotatable bonds is 8. The van der Waals surface area contributed by atoms with Crippen LogP contribution in [-0.4, -0.2) is 22.7 Å². The summed E-state index contributed by atoms with van der Waals surface area (Å²) < 4.78 is 6.10. The van der Waals surface area contributed by atoms with Crippen molar-refractivity contribution in [1.82, 2.24) is 10.3 Å². The Hall–Kier alpha value is -2.53. The van der Waals surface area contributed by atoms with E-state index in [4.69, 9.17) is 9.40 Å². The molecule has 2 aromatic carbocycles. The molecule has 0 spiro atoms. The fourth-order valence-electron chi connectivity index (χ4n) is 3.83. The minimum absolute atomic E-state index is 0.0829. The molecule has 4 nitrogen and oxygen atoms in total. The summed E-state index contributed by atoms with van der Waals surface area (Å²) in [6.07, 6.45) is 5.04. The maximum atomic E-state index is 12.5. The molecular formula is C24H24N2O2S. The molecule has 5 rings (SSSR count). The molecule has 1 heterocycles. The Bertz CT molecular complexity index is 910. The molecule has 1 N–H and O–H groups in total. The highest BCUT2D eigenvalue weighted by atomic mass is 32.2. The summed E-state index contributed by atoms with van der Waals surface area (Å²) in [5.41, 5.74) is 2.81. The third-order valence-corrected chi connectivity index (χ3v) is 6.43. The van der Waals surface area contributed by atoms with Gasteiger partial charge < -0.3 is 9.73 Å². The van der Waals surface area contributed by atoms with Crippen molar-refractivity contribution in [2.45, 2.75) is 36.9 Å². The van der Waals surface area contributed by atoms with Crippen LogP contribution in [0.3, 0.4) is 0 Å². The van der Waals surface area contributed by atoms with E-state index in [0.717, 1.165) is 22.6 Å². The van der Waals surface area contributed by atoms with Gasteiger partial charge in [0.25, 0.3) is 5.22 Å². The molecule has 148 valence electrons. The van der Waals surface area contributed by atoms with E-state index in [1.807, 2.05) is 60.7 Å². The van der Waals surface area contributed by atoms with Gasteiger partial charge in [-0.1, -0.05) is 72.4 Å². The van der Waals surface area contributed by atoms with Crippen molar-refractivity contribution in [2.24, 2.45) is 11.8 Å². The van der Waals surface area contributed by atoms with Gasteiger partial charge in [-0.05, 0) is 37.5 Å². The van der Waals surface area contributed by atoms with Gasteiger partial charge in [0, 0.05) is 17.2 Å². The van der Waals surface area contributed by atoms with Gasteiger partial charge in [-0.2, -0.15) is 0 Å². The first-order valence-electron chi connectivity index (χ1n) is 10.3. The lowest BCUT2D eigenvalue weighted by Gasteiger charge is -2.17. The zero-order valence-electron chi connectivity index (χ0n) is 16.2. The SMILES string of the molecule is O=C(CSc1nc(-c2ccccc2)c(-c2ccccc2)o1)NC(C1CC1)C1CC1. The van der Waals surface area contributed by atoms with Gasteiger partial charge in [0.05, 0.1) is 5.75 Å². The van der Waals surface area contributed by atoms with Crippen molar-refractivity contribution in [2.75, 3.05) is 5.75 Å². The van der Waals surface area contributed by atoms with E-state index in [-0.39, 0.29) is 5.91 Å². The lowest BCUT2D eigenvalue weighted by Crippen LogP contribution is -2.39. The molecule has 0 atom stereocenters. The minimum atomic E-state index is 0.0829. The Morgan fingerprint density at radius 3 is 2.14 bits per heavy atom. The van der Waals surface area contributed by atoms with E-state index in [1.165, 1.54) is 37.4 Å². The highest BCUT2D eigenvalue weighted by Gasteiger charge is 2.42. The highest BCUT2D eigenvalue weighted by molar-refractivity contribution is 7.99. The summed E-state index contributed by atoms with van der Waals surface area (Å²) in [6.45, 7) is 0. The average molecular weight is 405 g/mol. The third kappa shape index (κ3) is 4.40. The van der Waals surface area contributed by atoms with E-state index in [0.29, 0.717) is 28.9 Å². The number of carbonyl (C=O) groups excluding carboxylic acids is 1. The number of thioether (sulfide) groups is 1. The van der Waals surface area contributed by atoms with Gasteiger partial charge in [-0.3, -0.25) is 4.79 Å². The molecule has 0 saturated heterocycles. The van der Waals surface area contributed by atoms with Gasteiger partial charge in [-0.15, -0.1) is 0 Å². The van der Waals surface area contributed by atoms with E-state index >= 15 is 0 Å². The quantitative estimate of drug-likeness (QED) is 0.510. The molecule has 0 unspecified atom stereocenters. The molecule has 2 aliphatic rings. The molecule has 2 fully saturated rings. The van der Waals surface area contributed by atoms with Crippen LogP contribution in [0.15, 0.2) is 70.3 Å². The third-order valence-electron chi connectivity index (χ3n) is 5.60. The van der Waals surface area contributed by atoms with Crippen LogP contribution >= 0.6 is 11.8 Å². The normalized spacial score (nSPS) is 16.2. The minimum Gasteiger partial charge on any atom is -0.431 e. The van der Waals surface area contributed by atoms with Crippen LogP contribution in [0.1, 0.15) is 25.7 Å². The summed E-state index contributed by atoms with van der Waals surface area (Å²) >= 11 is 1.37. The predicted octanol–water partition coefficient (Wildman–Crippen LogP) is 5.41. The summed E-state index contributed by atoms with van der Waals surface area (Å²) in [7, 11) is 0. The summed E-state index contributed by atoms with van der Waals surface area (Å²) in [4.78, 5) is 17.2. The highest BCUT2D eigenvalue weighted by Crippen LogP contribution is 2.44. The predicted molar refractivity (Wildman–Crippen MR) is 115 cm³/mol. The second kappa shape index (κ2) is 8.07. The number of nitrogens with one attached hydrogen (secondary N) is 1. The molecule has 5 heteroatoms. The topological polar surface area (TPSA) is 55.1 Å². The number of oxazole rings is 1. The Morgan fingerprint density at radius 1 is 0.966 bits per heavy atom. The fourth-order valence-corrected chi connectivity index (χ4v) is 4.46. The van der Waals surface area contributed by atoms with E-state index < -0.39 is 0 Å². The lowest BCUT2D eigenvalue weighted by molar-refractivity contribution is -0.119. The van der Waals surface area contributed by atoms with Crippen molar-refractivity contribution in [3.8, 4) is 22.6 Å². The lowest BCUT2D eigenvalue weighted by atomic mass is 10.1. The van der Waals surface area contributed by atoms with Crippen molar-refractivity contribution in [3.63, 3.8) is 0 Å². The largest absolute Gasteiger partial charge is 0.431 e. The molecular weight excluding hydrogens is 380 g/mol. The van der Waals surface area contributed by atoms with E-state index in [9.17, 15) is 4.79 Å². The average Bonchev–Trinajstić information content (AvgIpc) is 3.70. The van der Waals surface area contributed by atoms with Gasteiger partial charge in [-0.25, -0.2) is 4.98 Å². The summed E-state index contributed by atoms with van der Waals surface area (Å²) in [5, 5.41) is 3.80.